The molecule has 2 aromatic rings. The van der Waals surface area contributed by atoms with Crippen LogP contribution in [0.15, 0.2) is 28.7 Å². The molecule has 116 valence electrons. The molecular formula is C16H17BrN2O2S. The maximum absolute atomic E-state index is 11.8. The molecule has 1 amide bonds. The molecule has 1 saturated carbocycles. The second kappa shape index (κ2) is 6.89. The summed E-state index contributed by atoms with van der Waals surface area (Å²) in [4.78, 5) is 17.4. The van der Waals surface area contributed by atoms with Gasteiger partial charge in [-0.15, -0.1) is 11.3 Å². The number of halogens is 1. The molecule has 1 aliphatic rings. The van der Waals surface area contributed by atoms with Gasteiger partial charge in [-0.2, -0.15) is 0 Å². The predicted molar refractivity (Wildman–Crippen MR) is 92.2 cm³/mol. The minimum absolute atomic E-state index is 0.0999. The number of ether oxygens (including phenoxy) is 1. The first-order chi connectivity index (χ1) is 10.6. The summed E-state index contributed by atoms with van der Waals surface area (Å²) in [5.41, 5.74) is 1.95. The Balaban J connectivity index is 1.61. The fourth-order valence-electron chi connectivity index (χ4n) is 2.08. The third-order valence-electron chi connectivity index (χ3n) is 3.44. The van der Waals surface area contributed by atoms with Crippen LogP contribution in [0.2, 0.25) is 0 Å². The lowest BCUT2D eigenvalue weighted by molar-refractivity contribution is -0.120. The van der Waals surface area contributed by atoms with Gasteiger partial charge in [0.15, 0.2) is 5.13 Å². The van der Waals surface area contributed by atoms with Crippen LogP contribution >= 0.6 is 27.3 Å². The van der Waals surface area contributed by atoms with Crippen molar-refractivity contribution in [3.05, 3.63) is 33.6 Å². The van der Waals surface area contributed by atoms with Gasteiger partial charge in [0.25, 0.3) is 5.91 Å². The average Bonchev–Trinajstić information content (AvgIpc) is 3.23. The molecule has 1 fully saturated rings. The van der Waals surface area contributed by atoms with E-state index < -0.39 is 0 Å². The zero-order chi connectivity index (χ0) is 15.5. The first-order valence-corrected chi connectivity index (χ1v) is 8.84. The van der Waals surface area contributed by atoms with Gasteiger partial charge >= 0.3 is 0 Å². The molecule has 1 N–H and O–H groups in total. The van der Waals surface area contributed by atoms with E-state index in [2.05, 4.69) is 26.2 Å². The van der Waals surface area contributed by atoms with Crippen LogP contribution < -0.4 is 5.32 Å². The molecule has 1 aromatic carbocycles. The molecule has 1 heterocycles. The van der Waals surface area contributed by atoms with Crippen LogP contribution in [0.4, 0.5) is 5.13 Å². The molecular weight excluding hydrogens is 364 g/mol. The lowest BCUT2D eigenvalue weighted by Gasteiger charge is -2.02. The number of benzene rings is 1. The highest BCUT2D eigenvalue weighted by molar-refractivity contribution is 9.10. The summed E-state index contributed by atoms with van der Waals surface area (Å²) >= 11 is 4.91. The van der Waals surface area contributed by atoms with Gasteiger partial charge in [0, 0.05) is 14.9 Å². The van der Waals surface area contributed by atoms with Crippen molar-refractivity contribution >= 4 is 38.3 Å². The molecule has 1 aliphatic carbocycles. The van der Waals surface area contributed by atoms with E-state index >= 15 is 0 Å². The van der Waals surface area contributed by atoms with Crippen molar-refractivity contribution in [2.75, 3.05) is 18.5 Å². The molecule has 0 aliphatic heterocycles. The topological polar surface area (TPSA) is 51.2 Å². The molecule has 22 heavy (non-hydrogen) atoms. The Morgan fingerprint density at radius 1 is 1.41 bits per heavy atom. The predicted octanol–water partition coefficient (Wildman–Crippen LogP) is 4.25. The van der Waals surface area contributed by atoms with Crippen LogP contribution in [0.3, 0.4) is 0 Å². The molecule has 0 radical (unpaired) electrons. The molecule has 3 rings (SSSR count). The van der Waals surface area contributed by atoms with Crippen LogP contribution in [-0.2, 0) is 9.53 Å². The van der Waals surface area contributed by atoms with Crippen LogP contribution in [-0.4, -0.2) is 24.1 Å². The van der Waals surface area contributed by atoms with Crippen molar-refractivity contribution in [2.24, 2.45) is 5.92 Å². The smallest absolute Gasteiger partial charge is 0.252 e. The van der Waals surface area contributed by atoms with Crippen LogP contribution in [0.1, 0.15) is 17.7 Å². The van der Waals surface area contributed by atoms with Crippen molar-refractivity contribution in [2.45, 2.75) is 19.8 Å². The van der Waals surface area contributed by atoms with E-state index in [1.165, 1.54) is 24.2 Å². The number of carbonyl (C=O) groups is 1. The third kappa shape index (κ3) is 4.15. The normalized spacial score (nSPS) is 14.1. The van der Waals surface area contributed by atoms with Crippen LogP contribution in [0, 0.1) is 12.8 Å². The highest BCUT2D eigenvalue weighted by atomic mass is 79.9. The molecule has 1 aromatic heterocycles. The molecule has 0 bridgehead atoms. The van der Waals surface area contributed by atoms with E-state index in [0.29, 0.717) is 17.7 Å². The van der Waals surface area contributed by atoms with E-state index in [9.17, 15) is 4.79 Å². The van der Waals surface area contributed by atoms with Crippen LogP contribution in [0.5, 0.6) is 0 Å². The number of aryl methyl sites for hydroxylation is 1. The molecule has 4 nitrogen and oxygen atoms in total. The SMILES string of the molecule is Cc1sc(NC(=O)COCC2CC2)nc1-c1ccc(Br)cc1. The fraction of sp³-hybridized carbons (Fsp3) is 0.375. The maximum atomic E-state index is 11.8. The van der Waals surface area contributed by atoms with Crippen molar-refractivity contribution in [1.82, 2.24) is 4.98 Å². The molecule has 0 atom stereocenters. The summed E-state index contributed by atoms with van der Waals surface area (Å²) < 4.78 is 6.42. The number of amides is 1. The Labute approximate surface area is 142 Å². The Hall–Kier alpha value is -1.24. The lowest BCUT2D eigenvalue weighted by atomic mass is 10.1. The number of hydrogen-bond donors (Lipinski definition) is 1. The summed E-state index contributed by atoms with van der Waals surface area (Å²) in [7, 11) is 0. The van der Waals surface area contributed by atoms with Crippen molar-refractivity contribution < 1.29 is 9.53 Å². The lowest BCUT2D eigenvalue weighted by Crippen LogP contribution is -2.18. The number of nitrogens with one attached hydrogen (secondary N) is 1. The number of rotatable bonds is 6. The molecule has 0 spiro atoms. The Morgan fingerprint density at radius 2 is 2.14 bits per heavy atom. The Morgan fingerprint density at radius 3 is 2.82 bits per heavy atom. The number of aromatic nitrogens is 1. The number of nitrogens with zero attached hydrogens (tertiary/aromatic N) is 1. The first kappa shape index (κ1) is 15.6. The monoisotopic (exact) mass is 380 g/mol. The highest BCUT2D eigenvalue weighted by Crippen LogP contribution is 2.31. The molecule has 0 saturated heterocycles. The number of thiazole rings is 1. The van der Waals surface area contributed by atoms with E-state index in [-0.39, 0.29) is 12.5 Å². The van der Waals surface area contributed by atoms with Gasteiger partial charge in [-0.25, -0.2) is 4.98 Å². The summed E-state index contributed by atoms with van der Waals surface area (Å²) in [6.45, 7) is 2.80. The summed E-state index contributed by atoms with van der Waals surface area (Å²) in [5, 5.41) is 3.43. The van der Waals surface area contributed by atoms with Crippen molar-refractivity contribution in [1.29, 1.82) is 0 Å². The summed E-state index contributed by atoms with van der Waals surface area (Å²) in [6, 6.07) is 7.99. The fourth-order valence-corrected chi connectivity index (χ4v) is 3.20. The molecule has 0 unspecified atom stereocenters. The minimum atomic E-state index is -0.142. The van der Waals surface area contributed by atoms with E-state index in [4.69, 9.17) is 4.74 Å². The number of carbonyl (C=O) groups excluding carboxylic acids is 1. The van der Waals surface area contributed by atoms with Gasteiger partial charge in [0.1, 0.15) is 6.61 Å². The van der Waals surface area contributed by atoms with Gasteiger partial charge < -0.3 is 4.74 Å². The minimum Gasteiger partial charge on any atom is -0.371 e. The van der Waals surface area contributed by atoms with Gasteiger partial charge in [0.2, 0.25) is 0 Å². The van der Waals surface area contributed by atoms with Gasteiger partial charge in [0.05, 0.1) is 12.3 Å². The van der Waals surface area contributed by atoms with Crippen molar-refractivity contribution in [3.8, 4) is 11.3 Å². The Bertz CT molecular complexity index is 665. The summed E-state index contributed by atoms with van der Waals surface area (Å²) in [5.74, 6) is 0.524. The van der Waals surface area contributed by atoms with E-state index in [1.807, 2.05) is 31.2 Å². The quantitative estimate of drug-likeness (QED) is 0.814. The average molecular weight is 381 g/mol. The summed E-state index contributed by atoms with van der Waals surface area (Å²) in [6.07, 6.45) is 2.45. The second-order valence-corrected chi connectivity index (χ2v) is 7.56. The zero-order valence-corrected chi connectivity index (χ0v) is 14.7. The van der Waals surface area contributed by atoms with Gasteiger partial charge in [-0.1, -0.05) is 28.1 Å². The first-order valence-electron chi connectivity index (χ1n) is 7.23. The third-order valence-corrected chi connectivity index (χ3v) is 4.86. The zero-order valence-electron chi connectivity index (χ0n) is 12.3. The van der Waals surface area contributed by atoms with Crippen molar-refractivity contribution in [3.63, 3.8) is 0 Å². The standard InChI is InChI=1S/C16H17BrN2O2S/c1-10-15(12-4-6-13(17)7-5-12)19-16(22-10)18-14(20)9-21-8-11-2-3-11/h4-7,11H,2-3,8-9H2,1H3,(H,18,19,20). The van der Waals surface area contributed by atoms with E-state index in [1.54, 1.807) is 0 Å². The highest BCUT2D eigenvalue weighted by Gasteiger charge is 2.21. The van der Waals surface area contributed by atoms with Gasteiger partial charge in [-0.3, -0.25) is 10.1 Å². The largest absolute Gasteiger partial charge is 0.371 e. The molecule has 6 heteroatoms. The maximum Gasteiger partial charge on any atom is 0.252 e. The van der Waals surface area contributed by atoms with E-state index in [0.717, 1.165) is 20.6 Å². The Kier molecular flexibility index (Phi) is 4.90. The number of anilines is 1. The second-order valence-electron chi connectivity index (χ2n) is 5.44. The van der Waals surface area contributed by atoms with Gasteiger partial charge in [-0.05, 0) is 37.8 Å². The number of hydrogen-bond acceptors (Lipinski definition) is 4. The van der Waals surface area contributed by atoms with Crippen LogP contribution in [0.25, 0.3) is 11.3 Å².